The smallest absolute Gasteiger partial charge is 0.362 e. The van der Waals surface area contributed by atoms with E-state index in [-0.39, 0.29) is 16.4 Å². The lowest BCUT2D eigenvalue weighted by molar-refractivity contribution is -0.297. The summed E-state index contributed by atoms with van der Waals surface area (Å²) in [4.78, 5) is 12.0. The number of hydrazone groups is 1. The van der Waals surface area contributed by atoms with Crippen molar-refractivity contribution in [1.29, 1.82) is 0 Å². The van der Waals surface area contributed by atoms with Gasteiger partial charge < -0.3 is 5.11 Å². The van der Waals surface area contributed by atoms with Gasteiger partial charge in [-0.3, -0.25) is 9.48 Å². The summed E-state index contributed by atoms with van der Waals surface area (Å²) in [5.74, 6) is -1.10. The molecule has 0 aliphatic carbocycles. The Bertz CT molecular complexity index is 551. The van der Waals surface area contributed by atoms with Gasteiger partial charge in [-0.25, -0.2) is 0 Å². The lowest BCUT2D eigenvalue weighted by Gasteiger charge is -2.32. The number of hydrogen-bond donors (Lipinski definition) is 1. The first-order valence-electron chi connectivity index (χ1n) is 5.32. The van der Waals surface area contributed by atoms with Crippen LogP contribution in [0.5, 0.6) is 0 Å². The Morgan fingerprint density at radius 1 is 1.53 bits per heavy atom. The second-order valence-corrected chi connectivity index (χ2v) is 4.32. The molecular formula is C10H11F3N4O2. The monoisotopic (exact) mass is 276 g/mol. The molecule has 1 aliphatic rings. The molecule has 2 rings (SSSR count). The predicted octanol–water partition coefficient (Wildman–Crippen LogP) is 0.893. The molecule has 1 amide bonds. The van der Waals surface area contributed by atoms with Crippen LogP contribution in [0, 0.1) is 0 Å². The van der Waals surface area contributed by atoms with Crippen molar-refractivity contribution < 1.29 is 23.1 Å². The summed E-state index contributed by atoms with van der Waals surface area (Å²) < 4.78 is 40.0. The highest BCUT2D eigenvalue weighted by molar-refractivity contribution is 5.96. The van der Waals surface area contributed by atoms with Crippen molar-refractivity contribution in [2.24, 2.45) is 12.1 Å². The summed E-state index contributed by atoms with van der Waals surface area (Å²) in [6, 6.07) is 1.25. The zero-order valence-corrected chi connectivity index (χ0v) is 10.1. The lowest BCUT2D eigenvalue weighted by Crippen LogP contribution is -2.56. The summed E-state index contributed by atoms with van der Waals surface area (Å²) in [6.07, 6.45) is -4.36. The highest BCUT2D eigenvalue weighted by Gasteiger charge is 2.62. The minimum Gasteiger partial charge on any atom is -0.362 e. The molecule has 9 heteroatoms. The Morgan fingerprint density at radius 3 is 2.63 bits per heavy atom. The SMILES string of the molecule is CC1=NN(C(=O)c2ccn(C)n2)[C@](O)(C(F)(F)F)C1. The van der Waals surface area contributed by atoms with Crippen molar-refractivity contribution in [3.8, 4) is 0 Å². The van der Waals surface area contributed by atoms with Gasteiger partial charge in [0.05, 0.1) is 0 Å². The Labute approximate surface area is 106 Å². The van der Waals surface area contributed by atoms with E-state index in [1.807, 2.05) is 0 Å². The standard InChI is InChI=1S/C10H11F3N4O2/c1-6-5-9(19,10(11,12)13)17(14-6)8(18)7-3-4-16(2)15-7/h3-4,19H,5H2,1-2H3/t9-/m1/s1. The number of halogens is 3. The number of alkyl halides is 3. The predicted molar refractivity (Wildman–Crippen MR) is 58.1 cm³/mol. The van der Waals surface area contributed by atoms with Gasteiger partial charge in [0.25, 0.3) is 11.6 Å². The Kier molecular flexibility index (Phi) is 2.89. The molecule has 0 saturated heterocycles. The number of carbonyl (C=O) groups is 1. The van der Waals surface area contributed by atoms with E-state index in [9.17, 15) is 23.1 Å². The number of carbonyl (C=O) groups excluding carboxylic acids is 1. The van der Waals surface area contributed by atoms with E-state index in [1.165, 1.54) is 30.9 Å². The van der Waals surface area contributed by atoms with Crippen molar-refractivity contribution in [1.82, 2.24) is 14.8 Å². The molecule has 0 unspecified atom stereocenters. The van der Waals surface area contributed by atoms with Gasteiger partial charge in [-0.15, -0.1) is 0 Å². The number of hydrogen-bond acceptors (Lipinski definition) is 4. The first-order valence-corrected chi connectivity index (χ1v) is 5.32. The maximum Gasteiger partial charge on any atom is 0.438 e. The fourth-order valence-electron chi connectivity index (χ4n) is 1.79. The number of aliphatic hydroxyl groups is 1. The van der Waals surface area contributed by atoms with Crippen LogP contribution >= 0.6 is 0 Å². The van der Waals surface area contributed by atoms with E-state index in [4.69, 9.17) is 0 Å². The molecule has 6 nitrogen and oxygen atoms in total. The van der Waals surface area contributed by atoms with Crippen molar-refractivity contribution in [2.75, 3.05) is 0 Å². The van der Waals surface area contributed by atoms with Crippen molar-refractivity contribution in [2.45, 2.75) is 25.2 Å². The first-order chi connectivity index (χ1) is 8.65. The van der Waals surface area contributed by atoms with Crippen LogP contribution in [-0.2, 0) is 7.05 Å². The van der Waals surface area contributed by atoms with E-state index in [0.717, 1.165) is 0 Å². The highest BCUT2D eigenvalue weighted by Crippen LogP contribution is 2.40. The second kappa shape index (κ2) is 4.05. The summed E-state index contributed by atoms with van der Waals surface area (Å²) in [7, 11) is 1.52. The zero-order valence-electron chi connectivity index (χ0n) is 10.1. The molecule has 0 bridgehead atoms. The maximum absolute atomic E-state index is 12.9. The summed E-state index contributed by atoms with van der Waals surface area (Å²) >= 11 is 0. The zero-order chi connectivity index (χ0) is 14.4. The number of aromatic nitrogens is 2. The quantitative estimate of drug-likeness (QED) is 0.828. The van der Waals surface area contributed by atoms with Gasteiger partial charge in [0.2, 0.25) is 0 Å². The van der Waals surface area contributed by atoms with Crippen LogP contribution in [0.25, 0.3) is 0 Å². The van der Waals surface area contributed by atoms with Crippen LogP contribution in [-0.4, -0.2) is 43.4 Å². The third-order valence-electron chi connectivity index (χ3n) is 2.70. The van der Waals surface area contributed by atoms with Crippen LogP contribution in [0.4, 0.5) is 13.2 Å². The van der Waals surface area contributed by atoms with E-state index >= 15 is 0 Å². The van der Waals surface area contributed by atoms with E-state index < -0.39 is 24.2 Å². The fraction of sp³-hybridized carbons (Fsp3) is 0.500. The molecule has 0 spiro atoms. The van der Waals surface area contributed by atoms with Gasteiger partial charge in [-0.05, 0) is 13.0 Å². The molecule has 1 aromatic heterocycles. The van der Waals surface area contributed by atoms with Gasteiger partial charge in [0, 0.05) is 25.4 Å². The maximum atomic E-state index is 12.9. The van der Waals surface area contributed by atoms with E-state index in [2.05, 4.69) is 10.2 Å². The van der Waals surface area contributed by atoms with Gasteiger partial charge in [0.15, 0.2) is 5.69 Å². The Morgan fingerprint density at radius 2 is 2.16 bits per heavy atom. The average molecular weight is 276 g/mol. The number of aryl methyl sites for hydroxylation is 1. The molecule has 1 atom stereocenters. The van der Waals surface area contributed by atoms with Crippen LogP contribution in [0.2, 0.25) is 0 Å². The van der Waals surface area contributed by atoms with Crippen LogP contribution < -0.4 is 0 Å². The number of rotatable bonds is 1. The Balaban J connectivity index is 2.39. The highest BCUT2D eigenvalue weighted by atomic mass is 19.4. The molecule has 0 saturated carbocycles. The van der Waals surface area contributed by atoms with Gasteiger partial charge in [-0.2, -0.15) is 28.4 Å². The molecule has 0 radical (unpaired) electrons. The van der Waals surface area contributed by atoms with Crippen LogP contribution in [0.3, 0.4) is 0 Å². The van der Waals surface area contributed by atoms with Gasteiger partial charge in [-0.1, -0.05) is 0 Å². The molecule has 1 N–H and O–H groups in total. The van der Waals surface area contributed by atoms with Gasteiger partial charge in [0.1, 0.15) is 0 Å². The van der Waals surface area contributed by atoms with Crippen molar-refractivity contribution in [3.05, 3.63) is 18.0 Å². The first kappa shape index (κ1) is 13.5. The molecule has 1 aromatic rings. The third kappa shape index (κ3) is 2.09. The second-order valence-electron chi connectivity index (χ2n) is 4.32. The van der Waals surface area contributed by atoms with Crippen LogP contribution in [0.1, 0.15) is 23.8 Å². The molecule has 2 heterocycles. The molecular weight excluding hydrogens is 265 g/mol. The molecule has 104 valence electrons. The molecule has 0 aromatic carbocycles. The molecule has 19 heavy (non-hydrogen) atoms. The summed E-state index contributed by atoms with van der Waals surface area (Å²) in [6.45, 7) is 1.31. The third-order valence-corrected chi connectivity index (χ3v) is 2.70. The van der Waals surface area contributed by atoms with E-state index in [0.29, 0.717) is 0 Å². The normalized spacial score (nSPS) is 23.7. The number of nitrogens with zero attached hydrogens (tertiary/aromatic N) is 4. The summed E-state index contributed by atoms with van der Waals surface area (Å²) in [5, 5.41) is 17.0. The molecule has 1 aliphatic heterocycles. The Hall–Kier alpha value is -1.90. The largest absolute Gasteiger partial charge is 0.438 e. The van der Waals surface area contributed by atoms with Crippen molar-refractivity contribution in [3.63, 3.8) is 0 Å². The minimum atomic E-state index is -5.00. The van der Waals surface area contributed by atoms with Crippen LogP contribution in [0.15, 0.2) is 17.4 Å². The fourth-order valence-corrected chi connectivity index (χ4v) is 1.79. The average Bonchev–Trinajstić information content (AvgIpc) is 2.81. The lowest BCUT2D eigenvalue weighted by atomic mass is 10.1. The minimum absolute atomic E-state index is 0.0177. The molecule has 0 fully saturated rings. The number of amides is 1. The summed E-state index contributed by atoms with van der Waals surface area (Å²) in [5.41, 5.74) is -3.51. The van der Waals surface area contributed by atoms with Gasteiger partial charge >= 0.3 is 6.18 Å². The van der Waals surface area contributed by atoms with E-state index in [1.54, 1.807) is 0 Å². The topological polar surface area (TPSA) is 70.7 Å². The van der Waals surface area contributed by atoms with Crippen molar-refractivity contribution >= 4 is 11.6 Å².